The zero-order valence-corrected chi connectivity index (χ0v) is 13.4. The Kier molecular flexibility index (Phi) is 6.26. The Bertz CT molecular complexity index is 511. The Morgan fingerprint density at radius 1 is 1.48 bits per heavy atom. The highest BCUT2D eigenvalue weighted by Crippen LogP contribution is 2.41. The van der Waals surface area contributed by atoms with Gasteiger partial charge in [-0.3, -0.25) is 9.69 Å². The molecule has 3 nitrogen and oxygen atoms in total. The number of carbonyl (C=O) groups is 1. The highest BCUT2D eigenvalue weighted by molar-refractivity contribution is 5.85. The van der Waals surface area contributed by atoms with Crippen LogP contribution in [-0.2, 0) is 15.1 Å². The minimum absolute atomic E-state index is 0. The standard InChI is InChI=1S/C17H21NO2.ClH/c1-4-12-18-13-11-17(14(18)3,20-16(19)5-2)15-9-7-6-8-10-15;/h1,6-10,14H,5,11-13H2,2-3H3;1H. The van der Waals surface area contributed by atoms with Gasteiger partial charge in [0.15, 0.2) is 5.60 Å². The van der Waals surface area contributed by atoms with Crippen LogP contribution >= 0.6 is 12.4 Å². The van der Waals surface area contributed by atoms with E-state index in [1.54, 1.807) is 0 Å². The summed E-state index contributed by atoms with van der Waals surface area (Å²) >= 11 is 0. The van der Waals surface area contributed by atoms with Crippen LogP contribution in [0.1, 0.15) is 32.3 Å². The van der Waals surface area contributed by atoms with Crippen LogP contribution in [0.15, 0.2) is 30.3 Å². The van der Waals surface area contributed by atoms with Crippen LogP contribution in [0, 0.1) is 12.3 Å². The van der Waals surface area contributed by atoms with Crippen molar-refractivity contribution in [3.8, 4) is 12.3 Å². The summed E-state index contributed by atoms with van der Waals surface area (Å²) in [5.41, 5.74) is 0.472. The number of terminal acetylenes is 1. The summed E-state index contributed by atoms with van der Waals surface area (Å²) in [6, 6.07) is 10.1. The van der Waals surface area contributed by atoms with E-state index in [-0.39, 0.29) is 24.4 Å². The summed E-state index contributed by atoms with van der Waals surface area (Å²) in [5, 5.41) is 0. The van der Waals surface area contributed by atoms with E-state index in [1.165, 1.54) is 0 Å². The highest BCUT2D eigenvalue weighted by Gasteiger charge is 2.48. The first kappa shape index (κ1) is 17.6. The average molecular weight is 308 g/mol. The van der Waals surface area contributed by atoms with Gasteiger partial charge in [-0.25, -0.2) is 0 Å². The van der Waals surface area contributed by atoms with Crippen molar-refractivity contribution < 1.29 is 9.53 Å². The van der Waals surface area contributed by atoms with Crippen molar-refractivity contribution in [2.24, 2.45) is 0 Å². The number of esters is 1. The molecule has 4 heteroatoms. The monoisotopic (exact) mass is 307 g/mol. The van der Waals surface area contributed by atoms with Gasteiger partial charge in [0, 0.05) is 19.4 Å². The van der Waals surface area contributed by atoms with E-state index in [1.807, 2.05) is 37.3 Å². The molecule has 1 aromatic rings. The van der Waals surface area contributed by atoms with E-state index in [4.69, 9.17) is 11.2 Å². The van der Waals surface area contributed by atoms with Gasteiger partial charge in [0.2, 0.25) is 0 Å². The summed E-state index contributed by atoms with van der Waals surface area (Å²) in [6.07, 6.45) is 6.59. The lowest BCUT2D eigenvalue weighted by molar-refractivity contribution is -0.163. The van der Waals surface area contributed by atoms with Gasteiger partial charge in [0.1, 0.15) is 0 Å². The summed E-state index contributed by atoms with van der Waals surface area (Å²) in [7, 11) is 0. The number of benzene rings is 1. The van der Waals surface area contributed by atoms with Gasteiger partial charge >= 0.3 is 5.97 Å². The first-order valence-electron chi connectivity index (χ1n) is 7.09. The van der Waals surface area contributed by atoms with Crippen LogP contribution in [0.5, 0.6) is 0 Å². The molecule has 0 aliphatic carbocycles. The Hall–Kier alpha value is -1.50. The molecule has 1 aliphatic rings. The number of carbonyl (C=O) groups excluding carboxylic acids is 1. The first-order chi connectivity index (χ1) is 9.64. The van der Waals surface area contributed by atoms with Crippen molar-refractivity contribution in [3.63, 3.8) is 0 Å². The summed E-state index contributed by atoms with van der Waals surface area (Å²) in [6.45, 7) is 5.33. The van der Waals surface area contributed by atoms with Crippen molar-refractivity contribution in [1.82, 2.24) is 4.90 Å². The molecule has 1 heterocycles. The van der Waals surface area contributed by atoms with E-state index in [0.717, 1.165) is 18.5 Å². The number of likely N-dealkylation sites (tertiary alicyclic amines) is 1. The van der Waals surface area contributed by atoms with E-state index >= 15 is 0 Å². The fourth-order valence-corrected chi connectivity index (χ4v) is 2.92. The molecule has 1 aromatic carbocycles. The second-order valence-corrected chi connectivity index (χ2v) is 5.18. The molecular weight excluding hydrogens is 286 g/mol. The van der Waals surface area contributed by atoms with E-state index in [9.17, 15) is 4.79 Å². The number of hydrogen-bond donors (Lipinski definition) is 0. The molecular formula is C17H22ClNO2. The lowest BCUT2D eigenvalue weighted by Gasteiger charge is -2.35. The quantitative estimate of drug-likeness (QED) is 0.632. The van der Waals surface area contributed by atoms with Crippen molar-refractivity contribution in [3.05, 3.63) is 35.9 Å². The maximum absolute atomic E-state index is 11.9. The SMILES string of the molecule is C#CCN1CCC(OC(=O)CC)(c2ccccc2)C1C.Cl. The van der Waals surface area contributed by atoms with Crippen LogP contribution in [-0.4, -0.2) is 30.0 Å². The van der Waals surface area contributed by atoms with Crippen LogP contribution < -0.4 is 0 Å². The van der Waals surface area contributed by atoms with Gasteiger partial charge in [-0.2, -0.15) is 0 Å². The zero-order valence-electron chi connectivity index (χ0n) is 12.5. The lowest BCUT2D eigenvalue weighted by Crippen LogP contribution is -2.43. The Labute approximate surface area is 133 Å². The van der Waals surface area contributed by atoms with Crippen LogP contribution in [0.4, 0.5) is 0 Å². The molecule has 0 N–H and O–H groups in total. The second kappa shape index (κ2) is 7.49. The third-order valence-corrected chi connectivity index (χ3v) is 4.13. The molecule has 1 saturated heterocycles. The Balaban J connectivity index is 0.00000220. The number of ether oxygens (including phenoxy) is 1. The predicted octanol–water partition coefficient (Wildman–Crippen LogP) is 2.98. The topological polar surface area (TPSA) is 29.5 Å². The van der Waals surface area contributed by atoms with E-state index in [2.05, 4.69) is 17.7 Å². The smallest absolute Gasteiger partial charge is 0.306 e. The molecule has 0 amide bonds. The van der Waals surface area contributed by atoms with Gasteiger partial charge < -0.3 is 4.74 Å². The molecule has 21 heavy (non-hydrogen) atoms. The van der Waals surface area contributed by atoms with Crippen LogP contribution in [0.25, 0.3) is 0 Å². The van der Waals surface area contributed by atoms with Crippen molar-refractivity contribution >= 4 is 18.4 Å². The van der Waals surface area contributed by atoms with Gasteiger partial charge in [-0.05, 0) is 12.5 Å². The normalized spacial score (nSPS) is 24.9. The molecule has 2 atom stereocenters. The largest absolute Gasteiger partial charge is 0.452 e. The molecule has 0 bridgehead atoms. The van der Waals surface area contributed by atoms with Crippen molar-refractivity contribution in [1.29, 1.82) is 0 Å². The maximum atomic E-state index is 11.9. The van der Waals surface area contributed by atoms with Crippen molar-refractivity contribution in [2.45, 2.75) is 38.3 Å². The zero-order chi connectivity index (χ0) is 14.6. The molecule has 1 fully saturated rings. The molecule has 1 aliphatic heterocycles. The maximum Gasteiger partial charge on any atom is 0.306 e. The summed E-state index contributed by atoms with van der Waals surface area (Å²) in [4.78, 5) is 14.1. The lowest BCUT2D eigenvalue weighted by atomic mass is 9.87. The minimum atomic E-state index is -0.578. The average Bonchev–Trinajstić information content (AvgIpc) is 2.79. The Morgan fingerprint density at radius 3 is 2.71 bits per heavy atom. The van der Waals surface area contributed by atoms with E-state index < -0.39 is 5.60 Å². The third kappa shape index (κ3) is 3.40. The molecule has 2 rings (SSSR count). The number of halogens is 1. The van der Waals surface area contributed by atoms with Crippen molar-refractivity contribution in [2.75, 3.05) is 13.1 Å². The summed E-state index contributed by atoms with van der Waals surface area (Å²) < 4.78 is 5.87. The van der Waals surface area contributed by atoms with Gasteiger partial charge in [0.05, 0.1) is 12.6 Å². The van der Waals surface area contributed by atoms with Crippen LogP contribution in [0.3, 0.4) is 0 Å². The molecule has 2 unspecified atom stereocenters. The molecule has 114 valence electrons. The van der Waals surface area contributed by atoms with Gasteiger partial charge in [-0.1, -0.05) is 43.2 Å². The highest BCUT2D eigenvalue weighted by atomic mass is 35.5. The molecule has 0 saturated carbocycles. The number of hydrogen-bond acceptors (Lipinski definition) is 3. The molecule has 0 aromatic heterocycles. The summed E-state index contributed by atoms with van der Waals surface area (Å²) in [5.74, 6) is 2.52. The van der Waals surface area contributed by atoms with Gasteiger partial charge in [0.25, 0.3) is 0 Å². The second-order valence-electron chi connectivity index (χ2n) is 5.18. The van der Waals surface area contributed by atoms with Crippen LogP contribution in [0.2, 0.25) is 0 Å². The predicted molar refractivity (Wildman–Crippen MR) is 86.2 cm³/mol. The van der Waals surface area contributed by atoms with E-state index in [0.29, 0.717) is 13.0 Å². The fourth-order valence-electron chi connectivity index (χ4n) is 2.92. The first-order valence-corrected chi connectivity index (χ1v) is 7.09. The number of nitrogens with zero attached hydrogens (tertiary/aromatic N) is 1. The van der Waals surface area contributed by atoms with Gasteiger partial charge in [-0.15, -0.1) is 18.8 Å². The number of rotatable bonds is 4. The fraction of sp³-hybridized carbons (Fsp3) is 0.471. The minimum Gasteiger partial charge on any atom is -0.452 e. The third-order valence-electron chi connectivity index (χ3n) is 4.13. The molecule has 0 spiro atoms. The molecule has 0 radical (unpaired) electrons. The Morgan fingerprint density at radius 2 is 2.14 bits per heavy atom.